The van der Waals surface area contributed by atoms with Crippen molar-refractivity contribution in [2.24, 2.45) is 0 Å². The van der Waals surface area contributed by atoms with Crippen LogP contribution in [0.3, 0.4) is 0 Å². The number of ether oxygens (including phenoxy) is 1. The molecule has 0 unspecified atom stereocenters. The molecule has 0 bridgehead atoms. The lowest BCUT2D eigenvalue weighted by atomic mass is 10.1. The van der Waals surface area contributed by atoms with Gasteiger partial charge < -0.3 is 4.74 Å². The van der Waals surface area contributed by atoms with Crippen LogP contribution >= 0.6 is 0 Å². The van der Waals surface area contributed by atoms with Crippen molar-refractivity contribution < 1.29 is 17.7 Å². The van der Waals surface area contributed by atoms with Crippen LogP contribution in [0.4, 0.5) is 0 Å². The fourth-order valence-corrected chi connectivity index (χ4v) is 2.52. The Balaban J connectivity index is 2.63. The summed E-state index contributed by atoms with van der Waals surface area (Å²) in [7, 11) is -2.64. The lowest BCUT2D eigenvalue weighted by Gasteiger charge is -2.08. The van der Waals surface area contributed by atoms with E-state index in [9.17, 15) is 8.42 Å². The highest BCUT2D eigenvalue weighted by Crippen LogP contribution is 2.33. The Kier molecular flexibility index (Phi) is 2.44. The van der Waals surface area contributed by atoms with Crippen LogP contribution in [0.25, 0.3) is 0 Å². The first-order chi connectivity index (χ1) is 7.02. The lowest BCUT2D eigenvalue weighted by Crippen LogP contribution is -2.01. The molecule has 15 heavy (non-hydrogen) atoms. The number of fused-ring (bicyclic) bond motifs is 1. The third-order valence-electron chi connectivity index (χ3n) is 2.67. The molecule has 0 atom stereocenters. The van der Waals surface area contributed by atoms with Gasteiger partial charge in [0.2, 0.25) is 0 Å². The van der Waals surface area contributed by atoms with Crippen molar-refractivity contribution in [1.29, 1.82) is 0 Å². The molecule has 1 aromatic carbocycles. The third kappa shape index (κ3) is 1.85. The Morgan fingerprint density at radius 3 is 2.67 bits per heavy atom. The SMILES string of the molecule is COc1cc(S(=O)(=O)O)cc2c1CCC2. The molecular weight excluding hydrogens is 216 g/mol. The van der Waals surface area contributed by atoms with Gasteiger partial charge >= 0.3 is 0 Å². The second-order valence-corrected chi connectivity index (χ2v) is 5.01. The van der Waals surface area contributed by atoms with E-state index in [4.69, 9.17) is 9.29 Å². The molecule has 5 heteroatoms. The number of hydrogen-bond donors (Lipinski definition) is 1. The molecule has 1 aliphatic carbocycles. The van der Waals surface area contributed by atoms with Crippen molar-refractivity contribution in [3.05, 3.63) is 23.3 Å². The highest BCUT2D eigenvalue weighted by Gasteiger charge is 2.20. The fraction of sp³-hybridized carbons (Fsp3) is 0.400. The topological polar surface area (TPSA) is 63.6 Å². The smallest absolute Gasteiger partial charge is 0.294 e. The maximum Gasteiger partial charge on any atom is 0.294 e. The summed E-state index contributed by atoms with van der Waals surface area (Å²) in [6.07, 6.45) is 2.75. The minimum absolute atomic E-state index is 0.0833. The van der Waals surface area contributed by atoms with Crippen LogP contribution in [-0.2, 0) is 23.0 Å². The van der Waals surface area contributed by atoms with Crippen molar-refractivity contribution in [2.45, 2.75) is 24.2 Å². The second kappa shape index (κ2) is 3.50. The third-order valence-corrected chi connectivity index (χ3v) is 3.50. The highest BCUT2D eigenvalue weighted by atomic mass is 32.2. The molecule has 0 spiro atoms. The van der Waals surface area contributed by atoms with Gasteiger partial charge in [-0.05, 0) is 36.5 Å². The summed E-state index contributed by atoms with van der Waals surface area (Å²) in [6.45, 7) is 0. The zero-order valence-electron chi connectivity index (χ0n) is 8.36. The monoisotopic (exact) mass is 228 g/mol. The average Bonchev–Trinajstić information content (AvgIpc) is 2.62. The molecule has 2 rings (SSSR count). The Bertz CT molecular complexity index is 490. The van der Waals surface area contributed by atoms with Gasteiger partial charge in [0, 0.05) is 6.07 Å². The largest absolute Gasteiger partial charge is 0.496 e. The maximum atomic E-state index is 11.0. The van der Waals surface area contributed by atoms with Gasteiger partial charge in [0.1, 0.15) is 5.75 Å². The van der Waals surface area contributed by atoms with Crippen LogP contribution in [0.15, 0.2) is 17.0 Å². The number of methoxy groups -OCH3 is 1. The fourth-order valence-electron chi connectivity index (χ4n) is 1.97. The van der Waals surface area contributed by atoms with E-state index in [-0.39, 0.29) is 4.90 Å². The molecule has 0 heterocycles. The van der Waals surface area contributed by atoms with Crippen LogP contribution in [0.5, 0.6) is 5.75 Å². The molecule has 0 saturated carbocycles. The van der Waals surface area contributed by atoms with E-state index in [1.165, 1.54) is 19.2 Å². The Morgan fingerprint density at radius 2 is 2.07 bits per heavy atom. The summed E-state index contributed by atoms with van der Waals surface area (Å²) >= 11 is 0. The first-order valence-corrected chi connectivity index (χ1v) is 6.13. The van der Waals surface area contributed by atoms with E-state index >= 15 is 0 Å². The predicted molar refractivity (Wildman–Crippen MR) is 54.8 cm³/mol. The Hall–Kier alpha value is -1.07. The van der Waals surface area contributed by atoms with E-state index in [2.05, 4.69) is 0 Å². The van der Waals surface area contributed by atoms with Gasteiger partial charge in [0.05, 0.1) is 12.0 Å². The summed E-state index contributed by atoms with van der Waals surface area (Å²) in [5.74, 6) is 0.553. The molecule has 0 aromatic heterocycles. The van der Waals surface area contributed by atoms with Gasteiger partial charge in [-0.25, -0.2) is 0 Å². The maximum absolute atomic E-state index is 11.0. The van der Waals surface area contributed by atoms with E-state index in [1.807, 2.05) is 0 Å². The first kappa shape index (κ1) is 10.4. The molecule has 0 amide bonds. The standard InChI is InChI=1S/C10H12O4S/c1-14-10-6-8(15(11,12)13)5-7-3-2-4-9(7)10/h5-6H,2-4H2,1H3,(H,11,12,13). The number of aryl methyl sites for hydroxylation is 1. The van der Waals surface area contributed by atoms with Gasteiger partial charge in [0.25, 0.3) is 10.1 Å². The zero-order chi connectivity index (χ0) is 11.1. The average molecular weight is 228 g/mol. The second-order valence-electron chi connectivity index (χ2n) is 3.59. The van der Waals surface area contributed by atoms with Crippen molar-refractivity contribution in [3.8, 4) is 5.75 Å². The number of rotatable bonds is 2. The molecule has 1 aliphatic rings. The van der Waals surface area contributed by atoms with E-state index in [0.29, 0.717) is 5.75 Å². The zero-order valence-corrected chi connectivity index (χ0v) is 9.17. The molecule has 0 fully saturated rings. The summed E-state index contributed by atoms with van der Waals surface area (Å²) in [5, 5.41) is 0. The molecule has 1 N–H and O–H groups in total. The van der Waals surface area contributed by atoms with Gasteiger partial charge in [0.15, 0.2) is 0 Å². The predicted octanol–water partition coefficient (Wildman–Crippen LogP) is 1.43. The molecule has 0 saturated heterocycles. The van der Waals surface area contributed by atoms with Gasteiger partial charge in [-0.3, -0.25) is 4.55 Å². The quantitative estimate of drug-likeness (QED) is 0.778. The van der Waals surface area contributed by atoms with Crippen molar-refractivity contribution >= 4 is 10.1 Å². The highest BCUT2D eigenvalue weighted by molar-refractivity contribution is 7.85. The Labute approximate surface area is 88.6 Å². The van der Waals surface area contributed by atoms with Crippen LogP contribution < -0.4 is 4.74 Å². The summed E-state index contributed by atoms with van der Waals surface area (Å²) in [6, 6.07) is 2.90. The van der Waals surface area contributed by atoms with Crippen LogP contribution in [-0.4, -0.2) is 20.1 Å². The summed E-state index contributed by atoms with van der Waals surface area (Å²) in [5.41, 5.74) is 2.02. The normalized spacial score (nSPS) is 15.1. The molecular formula is C10H12O4S. The van der Waals surface area contributed by atoms with E-state index in [0.717, 1.165) is 30.4 Å². The Morgan fingerprint density at radius 1 is 1.33 bits per heavy atom. The lowest BCUT2D eigenvalue weighted by molar-refractivity contribution is 0.408. The number of hydrogen-bond acceptors (Lipinski definition) is 3. The van der Waals surface area contributed by atoms with Crippen LogP contribution in [0.1, 0.15) is 17.5 Å². The molecule has 0 aliphatic heterocycles. The molecule has 1 aromatic rings. The van der Waals surface area contributed by atoms with Crippen molar-refractivity contribution in [1.82, 2.24) is 0 Å². The molecule has 82 valence electrons. The number of benzene rings is 1. The van der Waals surface area contributed by atoms with E-state index < -0.39 is 10.1 Å². The van der Waals surface area contributed by atoms with E-state index in [1.54, 1.807) is 0 Å². The van der Waals surface area contributed by atoms with Gasteiger partial charge in [-0.2, -0.15) is 8.42 Å². The summed E-state index contributed by atoms with van der Waals surface area (Å²) in [4.78, 5) is -0.0833. The molecule has 4 nitrogen and oxygen atoms in total. The summed E-state index contributed by atoms with van der Waals surface area (Å²) < 4.78 is 36.1. The first-order valence-electron chi connectivity index (χ1n) is 4.69. The minimum atomic E-state index is -4.14. The van der Waals surface area contributed by atoms with Gasteiger partial charge in [-0.15, -0.1) is 0 Å². The van der Waals surface area contributed by atoms with Gasteiger partial charge in [-0.1, -0.05) is 0 Å². The van der Waals surface area contributed by atoms with Crippen LogP contribution in [0.2, 0.25) is 0 Å². The molecule has 0 radical (unpaired) electrons. The van der Waals surface area contributed by atoms with Crippen molar-refractivity contribution in [3.63, 3.8) is 0 Å². The minimum Gasteiger partial charge on any atom is -0.496 e. The van der Waals surface area contributed by atoms with Crippen molar-refractivity contribution in [2.75, 3.05) is 7.11 Å². The van der Waals surface area contributed by atoms with Crippen LogP contribution in [0, 0.1) is 0 Å².